The molecule has 10 rings (SSSR count). The molecular formula is C54H47Cl2O2SiZr. The van der Waals surface area contributed by atoms with Gasteiger partial charge in [-0.25, -0.2) is 0 Å². The second kappa shape index (κ2) is 15.8. The summed E-state index contributed by atoms with van der Waals surface area (Å²) in [7, 11) is 15.0. The van der Waals surface area contributed by atoms with E-state index in [-0.39, 0.29) is 11.8 Å². The Kier molecular flexibility index (Phi) is 10.4. The van der Waals surface area contributed by atoms with Gasteiger partial charge in [-0.1, -0.05) is 0 Å². The standard InChI is InChI=1S/C54H47O2Si.2ClH.Zr/c1-31-25-43-47(53(35(31)5)41-19-11-15-37-13-7-9-17-39(37)41)27-45(51-23-21-33(3)55-51)49(43)29-57-30-50-44-26-32(2)36(6)54(42-20-12-16-38-14-8-10-18-40(38)42)48(44)28-46(50)52-24-22-34(4)56-52;;;/h7-28,49-50,57H,29-30H2,1-6H3;2*1H;/q;;;+2/p-2. The molecule has 6 heteroatoms. The van der Waals surface area contributed by atoms with Crippen LogP contribution in [-0.2, 0) is 18.5 Å². The number of hydrogen-bond donors (Lipinski definition) is 0. The predicted molar refractivity (Wildman–Crippen MR) is 254 cm³/mol. The summed E-state index contributed by atoms with van der Waals surface area (Å²) >= 11 is -2.84. The fourth-order valence-corrected chi connectivity index (χ4v) is 25.4. The number of halogens is 2. The molecule has 0 saturated heterocycles. The van der Waals surface area contributed by atoms with Crippen LogP contribution in [0.4, 0.5) is 0 Å². The number of hydrogen-bond acceptors (Lipinski definition) is 2. The third-order valence-corrected chi connectivity index (χ3v) is 35.1. The number of benzene rings is 6. The molecular weight excluding hydrogens is 871 g/mol. The fraction of sp³-hybridized carbons (Fsp3) is 0.185. The van der Waals surface area contributed by atoms with Crippen molar-refractivity contribution in [1.29, 1.82) is 0 Å². The zero-order chi connectivity index (χ0) is 41.4. The van der Waals surface area contributed by atoms with Crippen LogP contribution in [0.25, 0.3) is 67.1 Å². The van der Waals surface area contributed by atoms with Crippen LogP contribution in [0.15, 0.2) is 130 Å². The Hall–Kier alpha value is -4.44. The molecule has 2 heterocycles. The van der Waals surface area contributed by atoms with E-state index in [1.54, 1.807) is 0 Å². The molecule has 60 heavy (non-hydrogen) atoms. The molecule has 0 bridgehead atoms. The van der Waals surface area contributed by atoms with E-state index in [0.717, 1.165) is 35.1 Å². The molecule has 0 radical (unpaired) electrons. The van der Waals surface area contributed by atoms with Crippen LogP contribution in [0.2, 0.25) is 12.1 Å². The molecule has 2 unspecified atom stereocenters. The quantitative estimate of drug-likeness (QED) is 0.135. The van der Waals surface area contributed by atoms with E-state index in [0.29, 0.717) is 0 Å². The van der Waals surface area contributed by atoms with Crippen LogP contribution in [0.3, 0.4) is 0 Å². The summed E-state index contributed by atoms with van der Waals surface area (Å²) < 4.78 is 13.0. The average Bonchev–Trinajstić information content (AvgIpc) is 4.04. The van der Waals surface area contributed by atoms with Crippen molar-refractivity contribution in [2.75, 3.05) is 0 Å². The van der Waals surface area contributed by atoms with Gasteiger partial charge in [0.15, 0.2) is 0 Å². The van der Waals surface area contributed by atoms with E-state index in [1.165, 1.54) is 99.5 Å². The SMILES string of the molecule is Cc1ccc(C2=Cc3c(cc(C)c(C)c3-c3cccc4ccccc34)C2C[SiH](CC2C(c3ccc(C)o3)=Cc3c2cc(C)c(C)c3-c2cccc3ccccc23)[Zr]([Cl])[Cl])o1. The predicted octanol–water partition coefficient (Wildman–Crippen LogP) is 16.0. The minimum atomic E-state index is -2.84. The van der Waals surface area contributed by atoms with E-state index in [9.17, 15) is 0 Å². The van der Waals surface area contributed by atoms with Gasteiger partial charge in [-0.2, -0.15) is 0 Å². The number of aryl methyl sites for hydroxylation is 4. The normalized spacial score (nSPS) is 16.3. The molecule has 0 saturated carbocycles. The van der Waals surface area contributed by atoms with E-state index in [4.69, 9.17) is 25.9 Å². The first-order valence-electron chi connectivity index (χ1n) is 21.0. The Morgan fingerprint density at radius 3 is 1.33 bits per heavy atom. The Morgan fingerprint density at radius 1 is 0.517 bits per heavy atom. The van der Waals surface area contributed by atoms with Crippen molar-refractivity contribution >= 4 is 67.8 Å². The first-order chi connectivity index (χ1) is 29.0. The Morgan fingerprint density at radius 2 is 0.933 bits per heavy atom. The Balaban J connectivity index is 1.11. The van der Waals surface area contributed by atoms with Gasteiger partial charge in [0, 0.05) is 0 Å². The van der Waals surface area contributed by atoms with Crippen molar-refractivity contribution < 1.29 is 27.4 Å². The average molecular weight is 918 g/mol. The molecule has 2 nitrogen and oxygen atoms in total. The summed E-state index contributed by atoms with van der Waals surface area (Å²) in [6.45, 7) is 13.2. The van der Waals surface area contributed by atoms with Gasteiger partial charge in [0.2, 0.25) is 0 Å². The molecule has 2 aliphatic rings. The van der Waals surface area contributed by atoms with Gasteiger partial charge in [0.05, 0.1) is 0 Å². The molecule has 8 aromatic rings. The summed E-state index contributed by atoms with van der Waals surface area (Å²) in [5, 5.41) is 5.04. The number of allylic oxidation sites excluding steroid dienone is 2. The fourth-order valence-electron chi connectivity index (χ4n) is 10.3. The Labute approximate surface area is 368 Å². The summed E-state index contributed by atoms with van der Waals surface area (Å²) in [5.74, 6) is 2.19. The van der Waals surface area contributed by atoms with Crippen molar-refractivity contribution in [3.63, 3.8) is 0 Å². The first-order valence-corrected chi connectivity index (χ1v) is 33.8. The van der Waals surface area contributed by atoms with Crippen LogP contribution in [-0.4, -0.2) is 5.92 Å². The second-order valence-corrected chi connectivity index (χ2v) is 40.5. The molecule has 297 valence electrons. The van der Waals surface area contributed by atoms with Crippen LogP contribution in [0.5, 0.6) is 0 Å². The molecule has 0 amide bonds. The van der Waals surface area contributed by atoms with Crippen LogP contribution >= 0.6 is 17.0 Å². The van der Waals surface area contributed by atoms with Crippen molar-refractivity contribution in [2.24, 2.45) is 0 Å². The van der Waals surface area contributed by atoms with Crippen molar-refractivity contribution in [1.82, 2.24) is 0 Å². The van der Waals surface area contributed by atoms with Gasteiger partial charge < -0.3 is 0 Å². The molecule has 0 fully saturated rings. The first kappa shape index (κ1) is 39.7. The summed E-state index contributed by atoms with van der Waals surface area (Å²) in [4.78, 5) is 0. The topological polar surface area (TPSA) is 26.3 Å². The van der Waals surface area contributed by atoms with E-state index in [2.05, 4.69) is 161 Å². The molecule has 2 atom stereocenters. The van der Waals surface area contributed by atoms with E-state index >= 15 is 0 Å². The maximum atomic E-state index is 7.49. The molecule has 2 aliphatic carbocycles. The van der Waals surface area contributed by atoms with Gasteiger partial charge in [0.25, 0.3) is 0 Å². The number of fused-ring (bicyclic) bond motifs is 4. The van der Waals surface area contributed by atoms with Gasteiger partial charge in [-0.3, -0.25) is 0 Å². The molecule has 0 spiro atoms. The summed E-state index contributed by atoms with van der Waals surface area (Å²) in [6.07, 6.45) is 4.87. The number of furan rings is 2. The van der Waals surface area contributed by atoms with Gasteiger partial charge in [-0.05, 0) is 0 Å². The van der Waals surface area contributed by atoms with Crippen LogP contribution in [0.1, 0.15) is 79.4 Å². The van der Waals surface area contributed by atoms with E-state index in [1.807, 2.05) is 13.8 Å². The van der Waals surface area contributed by atoms with Crippen molar-refractivity contribution in [3.05, 3.63) is 189 Å². The van der Waals surface area contributed by atoms with Gasteiger partial charge in [0.1, 0.15) is 0 Å². The zero-order valence-electron chi connectivity index (χ0n) is 34.9. The third kappa shape index (κ3) is 6.80. The monoisotopic (exact) mass is 915 g/mol. The van der Waals surface area contributed by atoms with Gasteiger partial charge in [-0.15, -0.1) is 0 Å². The number of rotatable bonds is 9. The van der Waals surface area contributed by atoms with Crippen LogP contribution < -0.4 is 0 Å². The van der Waals surface area contributed by atoms with Crippen molar-refractivity contribution in [2.45, 2.75) is 65.5 Å². The summed E-state index contributed by atoms with van der Waals surface area (Å²) in [6, 6.07) is 46.3. The molecule has 2 aromatic heterocycles. The maximum absolute atomic E-state index is 7.49. The Bertz CT molecular complexity index is 2860. The summed E-state index contributed by atoms with van der Waals surface area (Å²) in [5.41, 5.74) is 18.2. The molecule has 0 aliphatic heterocycles. The van der Waals surface area contributed by atoms with Gasteiger partial charge >= 0.3 is 372 Å². The zero-order valence-corrected chi connectivity index (χ0v) is 40.0. The van der Waals surface area contributed by atoms with E-state index < -0.39 is 24.4 Å². The van der Waals surface area contributed by atoms with Crippen LogP contribution in [0, 0.1) is 41.5 Å². The minimum absolute atomic E-state index is 0.133. The second-order valence-electron chi connectivity index (χ2n) is 17.0. The molecule has 6 aromatic carbocycles. The third-order valence-electron chi connectivity index (χ3n) is 13.5. The van der Waals surface area contributed by atoms with Crippen molar-refractivity contribution in [3.8, 4) is 22.3 Å². The molecule has 0 N–H and O–H groups in total.